The van der Waals surface area contributed by atoms with Gasteiger partial charge in [-0.1, -0.05) is 43.9 Å². The minimum Gasteiger partial charge on any atom is -0.493 e. The number of aromatic nitrogens is 1. The van der Waals surface area contributed by atoms with Crippen molar-refractivity contribution in [2.24, 2.45) is 0 Å². The number of hydrogen-bond acceptors (Lipinski definition) is 3. The number of rotatable bonds is 6. The van der Waals surface area contributed by atoms with Crippen LogP contribution >= 0.6 is 12.2 Å². The molecule has 0 aliphatic heterocycles. The number of fused-ring (bicyclic) bond motifs is 1. The predicted octanol–water partition coefficient (Wildman–Crippen LogP) is 6.11. The van der Waals surface area contributed by atoms with Gasteiger partial charge in [0.2, 0.25) is 0 Å². The summed E-state index contributed by atoms with van der Waals surface area (Å²) >= 11 is 5.95. The molecular weight excluding hydrogens is 406 g/mol. The molecule has 6 heteroatoms. The fourth-order valence-corrected chi connectivity index (χ4v) is 4.82. The lowest BCUT2D eigenvalue weighted by molar-refractivity contribution is 0.281. The van der Waals surface area contributed by atoms with Crippen LogP contribution in [0.3, 0.4) is 0 Å². The first-order valence-corrected chi connectivity index (χ1v) is 11.4. The van der Waals surface area contributed by atoms with Crippen LogP contribution < -0.4 is 14.8 Å². The van der Waals surface area contributed by atoms with Crippen molar-refractivity contribution < 1.29 is 9.47 Å². The third-order valence-electron chi connectivity index (χ3n) is 6.18. The van der Waals surface area contributed by atoms with E-state index in [2.05, 4.69) is 45.7 Å². The Balaban J connectivity index is 1.59. The van der Waals surface area contributed by atoms with Crippen LogP contribution in [0, 0.1) is 0 Å². The number of hydrogen-bond donors (Lipinski definition) is 2. The summed E-state index contributed by atoms with van der Waals surface area (Å²) < 4.78 is 10.8. The number of thiocarbonyl (C=S) groups is 1. The van der Waals surface area contributed by atoms with E-state index in [0.29, 0.717) is 17.5 Å². The van der Waals surface area contributed by atoms with Crippen molar-refractivity contribution in [1.29, 1.82) is 0 Å². The molecule has 2 aromatic carbocycles. The van der Waals surface area contributed by atoms with Gasteiger partial charge in [-0.15, -0.1) is 0 Å². The Hall–Kier alpha value is -2.73. The van der Waals surface area contributed by atoms with Crippen molar-refractivity contribution in [3.8, 4) is 11.5 Å². The van der Waals surface area contributed by atoms with Gasteiger partial charge in [0, 0.05) is 41.4 Å². The number of H-pyrrole nitrogens is 1. The standard InChI is InChI=1S/C25H31N3O2S/c1-29-23-14-13-19(15-24(23)30-2)27-25(31)28(20-9-5-3-4-6-10-20)17-18-16-26-22-12-8-7-11-21(18)22/h7-8,11-16,20,26H,3-6,9-10,17H2,1-2H3,(H,27,31). The average molecular weight is 438 g/mol. The van der Waals surface area contributed by atoms with Crippen molar-refractivity contribution in [2.75, 3.05) is 19.5 Å². The molecule has 1 heterocycles. The van der Waals surface area contributed by atoms with E-state index in [9.17, 15) is 0 Å². The summed E-state index contributed by atoms with van der Waals surface area (Å²) in [6, 6.07) is 14.7. The van der Waals surface area contributed by atoms with Gasteiger partial charge in [-0.3, -0.25) is 0 Å². The Labute approximate surface area is 189 Å². The molecule has 1 aliphatic rings. The van der Waals surface area contributed by atoms with E-state index in [4.69, 9.17) is 21.7 Å². The van der Waals surface area contributed by atoms with Gasteiger partial charge in [0.15, 0.2) is 16.6 Å². The number of methoxy groups -OCH3 is 2. The molecule has 0 spiro atoms. The molecule has 1 saturated carbocycles. The predicted molar refractivity (Wildman–Crippen MR) is 131 cm³/mol. The van der Waals surface area contributed by atoms with E-state index in [1.165, 1.54) is 49.5 Å². The van der Waals surface area contributed by atoms with Crippen LogP contribution in [-0.4, -0.2) is 35.3 Å². The molecule has 0 saturated heterocycles. The molecule has 3 aromatic rings. The molecule has 0 radical (unpaired) electrons. The van der Waals surface area contributed by atoms with Gasteiger partial charge < -0.3 is 24.7 Å². The smallest absolute Gasteiger partial charge is 0.173 e. The summed E-state index contributed by atoms with van der Waals surface area (Å²) in [5.41, 5.74) is 3.34. The van der Waals surface area contributed by atoms with Crippen molar-refractivity contribution in [3.63, 3.8) is 0 Å². The van der Waals surface area contributed by atoms with Gasteiger partial charge in [-0.05, 0) is 48.8 Å². The van der Waals surface area contributed by atoms with Crippen LogP contribution in [0.4, 0.5) is 5.69 Å². The maximum absolute atomic E-state index is 5.95. The Morgan fingerprint density at radius 2 is 1.77 bits per heavy atom. The highest BCUT2D eigenvalue weighted by molar-refractivity contribution is 7.80. The summed E-state index contributed by atoms with van der Waals surface area (Å²) in [7, 11) is 3.29. The van der Waals surface area contributed by atoms with Crippen LogP contribution in [0.2, 0.25) is 0 Å². The Morgan fingerprint density at radius 3 is 2.52 bits per heavy atom. The van der Waals surface area contributed by atoms with Crippen LogP contribution in [-0.2, 0) is 6.54 Å². The molecule has 164 valence electrons. The zero-order valence-electron chi connectivity index (χ0n) is 18.3. The van der Waals surface area contributed by atoms with Gasteiger partial charge in [0.05, 0.1) is 14.2 Å². The summed E-state index contributed by atoms with van der Waals surface area (Å²) in [6.45, 7) is 0.786. The average Bonchev–Trinajstić information content (AvgIpc) is 3.01. The normalized spacial score (nSPS) is 14.8. The Bertz CT molecular complexity index is 1020. The molecule has 4 rings (SSSR count). The first-order chi connectivity index (χ1) is 15.2. The quantitative estimate of drug-likeness (QED) is 0.360. The third kappa shape index (κ3) is 4.96. The summed E-state index contributed by atoms with van der Waals surface area (Å²) in [5, 5.41) is 5.47. The van der Waals surface area contributed by atoms with Crippen molar-refractivity contribution in [3.05, 3.63) is 54.2 Å². The first kappa shape index (κ1) is 21.5. The van der Waals surface area contributed by atoms with E-state index >= 15 is 0 Å². The summed E-state index contributed by atoms with van der Waals surface area (Å²) in [6.07, 6.45) is 9.61. The summed E-state index contributed by atoms with van der Waals surface area (Å²) in [5.74, 6) is 1.39. The molecule has 0 amide bonds. The number of ether oxygens (including phenoxy) is 2. The van der Waals surface area contributed by atoms with Gasteiger partial charge in [-0.25, -0.2) is 0 Å². The second-order valence-electron chi connectivity index (χ2n) is 8.13. The van der Waals surface area contributed by atoms with E-state index in [1.807, 2.05) is 18.2 Å². The molecular formula is C25H31N3O2S. The van der Waals surface area contributed by atoms with Crippen LogP contribution in [0.15, 0.2) is 48.7 Å². The summed E-state index contributed by atoms with van der Waals surface area (Å²) in [4.78, 5) is 5.79. The van der Waals surface area contributed by atoms with E-state index in [-0.39, 0.29) is 0 Å². The first-order valence-electron chi connectivity index (χ1n) is 11.0. The van der Waals surface area contributed by atoms with E-state index in [1.54, 1.807) is 14.2 Å². The van der Waals surface area contributed by atoms with Gasteiger partial charge in [0.1, 0.15) is 0 Å². The zero-order valence-corrected chi connectivity index (χ0v) is 19.1. The fourth-order valence-electron chi connectivity index (χ4n) is 4.49. The fraction of sp³-hybridized carbons (Fsp3) is 0.400. The molecule has 0 atom stereocenters. The van der Waals surface area contributed by atoms with Crippen LogP contribution in [0.25, 0.3) is 10.9 Å². The highest BCUT2D eigenvalue weighted by atomic mass is 32.1. The maximum atomic E-state index is 5.95. The highest BCUT2D eigenvalue weighted by Gasteiger charge is 2.24. The third-order valence-corrected chi connectivity index (χ3v) is 6.51. The van der Waals surface area contributed by atoms with Gasteiger partial charge >= 0.3 is 0 Å². The lowest BCUT2D eigenvalue weighted by atomic mass is 10.1. The Kier molecular flexibility index (Phi) is 6.97. The van der Waals surface area contributed by atoms with Gasteiger partial charge in [0.25, 0.3) is 0 Å². The van der Waals surface area contributed by atoms with Gasteiger partial charge in [-0.2, -0.15) is 0 Å². The van der Waals surface area contributed by atoms with E-state index in [0.717, 1.165) is 22.9 Å². The lowest BCUT2D eigenvalue weighted by Gasteiger charge is -2.34. The molecule has 0 bridgehead atoms. The van der Waals surface area contributed by atoms with Crippen LogP contribution in [0.5, 0.6) is 11.5 Å². The number of nitrogens with zero attached hydrogens (tertiary/aromatic N) is 1. The zero-order chi connectivity index (χ0) is 21.6. The maximum Gasteiger partial charge on any atom is 0.173 e. The number of benzene rings is 2. The molecule has 0 unspecified atom stereocenters. The van der Waals surface area contributed by atoms with Crippen LogP contribution in [0.1, 0.15) is 44.1 Å². The minimum absolute atomic E-state index is 0.441. The van der Waals surface area contributed by atoms with E-state index < -0.39 is 0 Å². The second-order valence-corrected chi connectivity index (χ2v) is 8.52. The molecule has 5 nitrogen and oxygen atoms in total. The molecule has 1 aliphatic carbocycles. The monoisotopic (exact) mass is 437 g/mol. The number of anilines is 1. The van der Waals surface area contributed by atoms with Crippen molar-refractivity contribution in [1.82, 2.24) is 9.88 Å². The molecule has 1 aromatic heterocycles. The number of para-hydroxylation sites is 1. The Morgan fingerprint density at radius 1 is 1.03 bits per heavy atom. The topological polar surface area (TPSA) is 49.5 Å². The molecule has 31 heavy (non-hydrogen) atoms. The van der Waals surface area contributed by atoms with Crippen molar-refractivity contribution >= 4 is 33.9 Å². The lowest BCUT2D eigenvalue weighted by Crippen LogP contribution is -2.42. The number of aromatic amines is 1. The molecule has 2 N–H and O–H groups in total. The molecule has 1 fully saturated rings. The largest absolute Gasteiger partial charge is 0.493 e. The number of nitrogens with one attached hydrogen (secondary N) is 2. The SMILES string of the molecule is COc1ccc(NC(=S)N(Cc2c[nH]c3ccccc23)C2CCCCCC2)cc1OC. The highest BCUT2D eigenvalue weighted by Crippen LogP contribution is 2.31. The van der Waals surface area contributed by atoms with Crippen molar-refractivity contribution in [2.45, 2.75) is 51.1 Å². The second kappa shape index (κ2) is 10.1. The minimum atomic E-state index is 0.441.